The van der Waals surface area contributed by atoms with Crippen molar-refractivity contribution in [2.24, 2.45) is 11.8 Å². The van der Waals surface area contributed by atoms with Gasteiger partial charge in [0.1, 0.15) is 11.9 Å². The highest BCUT2D eigenvalue weighted by molar-refractivity contribution is 5.96. The van der Waals surface area contributed by atoms with Crippen LogP contribution < -0.4 is 9.47 Å². The number of unbranched alkanes of at least 4 members (excludes halogenated alkanes) is 1. The molecule has 0 unspecified atom stereocenters. The van der Waals surface area contributed by atoms with Crippen LogP contribution in [0, 0.1) is 11.8 Å². The lowest BCUT2D eigenvalue weighted by Gasteiger charge is -2.60. The standard InChI is InChI=1S/C36H46N2O5/c1-5-18-37-19-17-36-26-15-16-27(35(36)43-34-31(42-4)21-30(40)25(33(34)36)20-28(26)37)38(22-23(2)3)32(41)14-10-9-13-29(39)24-11-7-6-8-12-24/h5-8,11-12,21,23,26-28,35,40H,1,9-10,13-20,22H2,2-4H3/t26-,27-,28+,35-,36-/m0/s1. The highest BCUT2D eigenvalue weighted by Crippen LogP contribution is 2.65. The first-order chi connectivity index (χ1) is 20.8. The van der Waals surface area contributed by atoms with E-state index in [1.807, 2.05) is 36.4 Å². The lowest BCUT2D eigenvalue weighted by atomic mass is 9.50. The summed E-state index contributed by atoms with van der Waals surface area (Å²) in [6.45, 7) is 10.8. The van der Waals surface area contributed by atoms with Gasteiger partial charge >= 0.3 is 0 Å². The first-order valence-corrected chi connectivity index (χ1v) is 16.1. The Balaban J connectivity index is 1.27. The van der Waals surface area contributed by atoms with E-state index in [1.165, 1.54) is 0 Å². The Morgan fingerprint density at radius 2 is 1.98 bits per heavy atom. The quantitative estimate of drug-likeness (QED) is 0.189. The number of phenols is 1. The summed E-state index contributed by atoms with van der Waals surface area (Å²) in [4.78, 5) is 31.2. The van der Waals surface area contributed by atoms with Gasteiger partial charge in [0.25, 0.3) is 0 Å². The van der Waals surface area contributed by atoms with Crippen molar-refractivity contribution in [1.82, 2.24) is 9.80 Å². The van der Waals surface area contributed by atoms with E-state index in [4.69, 9.17) is 9.47 Å². The Morgan fingerprint density at radius 1 is 1.21 bits per heavy atom. The Labute approximate surface area is 255 Å². The molecule has 1 saturated heterocycles. The molecule has 2 aromatic carbocycles. The van der Waals surface area contributed by atoms with E-state index in [0.717, 1.165) is 61.2 Å². The molecule has 6 rings (SSSR count). The molecule has 43 heavy (non-hydrogen) atoms. The molecule has 5 atom stereocenters. The third-order valence-electron chi connectivity index (χ3n) is 10.5. The number of aromatic hydroxyl groups is 1. The SMILES string of the molecule is C=CCN1CC[C@]23c4c5c(O)cc(OC)c4O[C@H]2[C@@H](N(CC(C)C)C(=O)CCCCC(=O)c2ccccc2)CC[C@H]3[C@H]1C5. The molecule has 0 radical (unpaired) electrons. The summed E-state index contributed by atoms with van der Waals surface area (Å²) in [5.74, 6) is 2.59. The van der Waals surface area contributed by atoms with Crippen molar-refractivity contribution in [3.63, 3.8) is 0 Å². The molecular weight excluding hydrogens is 540 g/mol. The van der Waals surface area contributed by atoms with Crippen molar-refractivity contribution in [1.29, 1.82) is 0 Å². The lowest BCUT2D eigenvalue weighted by Crippen LogP contribution is -2.69. The second kappa shape index (κ2) is 12.0. The molecule has 7 heteroatoms. The number of phenolic OH excluding ortho intramolecular Hbond substituents is 1. The molecule has 230 valence electrons. The molecule has 2 fully saturated rings. The van der Waals surface area contributed by atoms with E-state index in [0.29, 0.717) is 55.9 Å². The van der Waals surface area contributed by atoms with Crippen molar-refractivity contribution in [2.75, 3.05) is 26.7 Å². The normalized spacial score (nSPS) is 26.9. The summed E-state index contributed by atoms with van der Waals surface area (Å²) in [6, 6.07) is 11.3. The van der Waals surface area contributed by atoms with Gasteiger partial charge in [-0.2, -0.15) is 0 Å². The molecule has 2 aliphatic carbocycles. The number of piperidine rings is 1. The molecule has 2 aromatic rings. The number of nitrogens with zero attached hydrogens (tertiary/aromatic N) is 2. The number of amides is 1. The van der Waals surface area contributed by atoms with Crippen LogP contribution in [0.5, 0.6) is 17.2 Å². The molecule has 0 aromatic heterocycles. The second-order valence-electron chi connectivity index (χ2n) is 13.4. The first kappa shape index (κ1) is 29.7. The number of Topliss-reactive ketones (excluding diaryl/α,β-unsaturated/α-hetero) is 1. The minimum absolute atomic E-state index is 0.0612. The van der Waals surface area contributed by atoms with Crippen LogP contribution in [0.25, 0.3) is 0 Å². The number of benzene rings is 2. The van der Waals surface area contributed by atoms with Gasteiger partial charge in [0.2, 0.25) is 5.91 Å². The number of ether oxygens (including phenoxy) is 2. The summed E-state index contributed by atoms with van der Waals surface area (Å²) in [5.41, 5.74) is 2.58. The third kappa shape index (κ3) is 5.03. The second-order valence-corrected chi connectivity index (χ2v) is 13.4. The largest absolute Gasteiger partial charge is 0.508 e. The Bertz CT molecular complexity index is 1370. The van der Waals surface area contributed by atoms with Gasteiger partial charge < -0.3 is 19.5 Å². The maximum atomic E-state index is 14.0. The van der Waals surface area contributed by atoms with Crippen LogP contribution >= 0.6 is 0 Å². The minimum atomic E-state index is -0.266. The van der Waals surface area contributed by atoms with Gasteiger partial charge in [-0.1, -0.05) is 50.3 Å². The van der Waals surface area contributed by atoms with Gasteiger partial charge in [-0.3, -0.25) is 14.5 Å². The summed E-state index contributed by atoms with van der Waals surface area (Å²) in [7, 11) is 1.63. The zero-order chi connectivity index (χ0) is 30.3. The number of carbonyl (C=O) groups excluding carboxylic acids is 2. The van der Waals surface area contributed by atoms with Crippen molar-refractivity contribution >= 4 is 11.7 Å². The van der Waals surface area contributed by atoms with E-state index in [9.17, 15) is 14.7 Å². The molecule has 4 aliphatic rings. The van der Waals surface area contributed by atoms with Crippen LogP contribution in [0.15, 0.2) is 49.1 Å². The van der Waals surface area contributed by atoms with Gasteiger partial charge in [-0.05, 0) is 56.9 Å². The number of carbonyl (C=O) groups is 2. The van der Waals surface area contributed by atoms with Crippen LogP contribution in [0.3, 0.4) is 0 Å². The van der Waals surface area contributed by atoms with Crippen molar-refractivity contribution in [3.05, 3.63) is 65.7 Å². The number of hydrogen-bond donors (Lipinski definition) is 1. The molecule has 1 saturated carbocycles. The maximum Gasteiger partial charge on any atom is 0.222 e. The first-order valence-electron chi connectivity index (χ1n) is 16.1. The van der Waals surface area contributed by atoms with Crippen LogP contribution in [-0.2, 0) is 16.6 Å². The number of hydrogen-bond acceptors (Lipinski definition) is 6. The average Bonchev–Trinajstić information content (AvgIpc) is 3.35. The molecule has 1 spiro atoms. The maximum absolute atomic E-state index is 14.0. The summed E-state index contributed by atoms with van der Waals surface area (Å²) >= 11 is 0. The fraction of sp³-hybridized carbons (Fsp3) is 0.556. The molecule has 1 amide bonds. The monoisotopic (exact) mass is 586 g/mol. The van der Waals surface area contributed by atoms with E-state index < -0.39 is 0 Å². The van der Waals surface area contributed by atoms with Crippen LogP contribution in [0.2, 0.25) is 0 Å². The van der Waals surface area contributed by atoms with Gasteiger partial charge in [-0.25, -0.2) is 0 Å². The number of likely N-dealkylation sites (tertiary alicyclic amines) is 1. The van der Waals surface area contributed by atoms with Gasteiger partial charge in [0, 0.05) is 60.1 Å². The Hall–Kier alpha value is -3.32. The van der Waals surface area contributed by atoms with Gasteiger partial charge in [-0.15, -0.1) is 6.58 Å². The van der Waals surface area contributed by atoms with Crippen molar-refractivity contribution in [2.45, 2.75) is 88.8 Å². The highest BCUT2D eigenvalue weighted by Gasteiger charge is 2.67. The zero-order valence-corrected chi connectivity index (χ0v) is 25.9. The molecule has 2 bridgehead atoms. The predicted octanol–water partition coefficient (Wildman–Crippen LogP) is 5.92. The summed E-state index contributed by atoms with van der Waals surface area (Å²) in [6.07, 6.45) is 7.64. The molecular formula is C36H46N2O5. The Morgan fingerprint density at radius 3 is 2.70 bits per heavy atom. The lowest BCUT2D eigenvalue weighted by molar-refractivity contribution is -0.143. The fourth-order valence-corrected chi connectivity index (χ4v) is 8.80. The van der Waals surface area contributed by atoms with Gasteiger partial charge in [0.05, 0.1) is 13.2 Å². The molecule has 1 N–H and O–H groups in total. The van der Waals surface area contributed by atoms with Crippen LogP contribution in [-0.4, -0.2) is 71.5 Å². The zero-order valence-electron chi connectivity index (χ0n) is 25.9. The molecule has 2 aliphatic heterocycles. The minimum Gasteiger partial charge on any atom is -0.508 e. The Kier molecular flexibility index (Phi) is 8.29. The fourth-order valence-electron chi connectivity index (χ4n) is 8.80. The van der Waals surface area contributed by atoms with E-state index in [2.05, 4.69) is 30.2 Å². The van der Waals surface area contributed by atoms with E-state index in [-0.39, 0.29) is 35.0 Å². The van der Waals surface area contributed by atoms with Gasteiger partial charge in [0.15, 0.2) is 17.3 Å². The molecule has 2 heterocycles. The number of methoxy groups -OCH3 is 1. The van der Waals surface area contributed by atoms with Crippen molar-refractivity contribution in [3.8, 4) is 17.2 Å². The number of rotatable bonds is 12. The summed E-state index contributed by atoms with van der Waals surface area (Å²) in [5, 5.41) is 11.2. The van der Waals surface area contributed by atoms with E-state index in [1.54, 1.807) is 13.2 Å². The van der Waals surface area contributed by atoms with Crippen LogP contribution in [0.1, 0.15) is 80.3 Å². The van der Waals surface area contributed by atoms with E-state index >= 15 is 0 Å². The summed E-state index contributed by atoms with van der Waals surface area (Å²) < 4.78 is 12.7. The highest BCUT2D eigenvalue weighted by atomic mass is 16.5. The molecule has 7 nitrogen and oxygen atoms in total. The third-order valence-corrected chi connectivity index (χ3v) is 10.5. The smallest absolute Gasteiger partial charge is 0.222 e. The number of ketones is 1. The topological polar surface area (TPSA) is 79.3 Å². The van der Waals surface area contributed by atoms with Crippen LogP contribution in [0.4, 0.5) is 0 Å². The van der Waals surface area contributed by atoms with Crippen molar-refractivity contribution < 1.29 is 24.2 Å². The average molecular weight is 587 g/mol. The predicted molar refractivity (Wildman–Crippen MR) is 167 cm³/mol.